The highest BCUT2D eigenvalue weighted by atomic mass is 16.3. The number of nitrogens with one attached hydrogen (secondary N) is 1. The maximum atomic E-state index is 11.9. The molecule has 1 aromatic heterocycles. The molecule has 4 N–H and O–H groups in total. The molecule has 1 amide bonds. The van der Waals surface area contributed by atoms with Crippen LogP contribution < -0.4 is 11.1 Å². The van der Waals surface area contributed by atoms with Crippen LogP contribution >= 0.6 is 0 Å². The Kier molecular flexibility index (Phi) is 3.77. The summed E-state index contributed by atoms with van der Waals surface area (Å²) in [5.41, 5.74) is 6.82. The highest BCUT2D eigenvalue weighted by Crippen LogP contribution is 2.16. The lowest BCUT2D eigenvalue weighted by molar-refractivity contribution is 0.0902. The number of amides is 1. The van der Waals surface area contributed by atoms with E-state index in [0.29, 0.717) is 23.6 Å². The summed E-state index contributed by atoms with van der Waals surface area (Å²) >= 11 is 0. The minimum absolute atomic E-state index is 0.00712. The van der Waals surface area contributed by atoms with E-state index in [1.165, 1.54) is 4.68 Å². The van der Waals surface area contributed by atoms with Gasteiger partial charge in [-0.25, -0.2) is 0 Å². The molecule has 0 saturated heterocycles. The first kappa shape index (κ1) is 13.5. The average molecular weight is 240 g/mol. The molecule has 1 heterocycles. The number of carbonyl (C=O) groups is 1. The second-order valence-corrected chi connectivity index (χ2v) is 4.98. The first-order valence-electron chi connectivity index (χ1n) is 5.46. The quantitative estimate of drug-likeness (QED) is 0.693. The molecule has 0 aliphatic heterocycles. The van der Waals surface area contributed by atoms with Crippen LogP contribution in [0, 0.1) is 12.3 Å². The van der Waals surface area contributed by atoms with Crippen molar-refractivity contribution in [3.05, 3.63) is 11.4 Å². The summed E-state index contributed by atoms with van der Waals surface area (Å²) in [6, 6.07) is 0. The fraction of sp³-hybridized carbons (Fsp3) is 0.636. The SMILES string of the molecule is Cc1nn(C)c(C(=O)NCC(C)(C)CO)c1N. The van der Waals surface area contributed by atoms with Gasteiger partial charge in [-0.15, -0.1) is 0 Å². The third kappa shape index (κ3) is 2.97. The highest BCUT2D eigenvalue weighted by Gasteiger charge is 2.21. The van der Waals surface area contributed by atoms with Crippen molar-refractivity contribution in [1.29, 1.82) is 0 Å². The second kappa shape index (κ2) is 4.75. The predicted molar refractivity (Wildman–Crippen MR) is 65.6 cm³/mol. The van der Waals surface area contributed by atoms with Crippen LogP contribution in [0.15, 0.2) is 0 Å². The van der Waals surface area contributed by atoms with Gasteiger partial charge in [0.25, 0.3) is 5.91 Å². The zero-order valence-corrected chi connectivity index (χ0v) is 10.7. The molecule has 0 spiro atoms. The summed E-state index contributed by atoms with van der Waals surface area (Å²) in [4.78, 5) is 11.9. The van der Waals surface area contributed by atoms with E-state index in [0.717, 1.165) is 0 Å². The maximum absolute atomic E-state index is 11.9. The van der Waals surface area contributed by atoms with E-state index >= 15 is 0 Å². The van der Waals surface area contributed by atoms with Gasteiger partial charge in [-0.05, 0) is 6.92 Å². The van der Waals surface area contributed by atoms with E-state index in [1.807, 2.05) is 13.8 Å². The summed E-state index contributed by atoms with van der Waals surface area (Å²) < 4.78 is 1.46. The Labute approximate surface area is 101 Å². The largest absolute Gasteiger partial charge is 0.396 e. The van der Waals surface area contributed by atoms with E-state index in [1.54, 1.807) is 14.0 Å². The molecule has 0 radical (unpaired) electrons. The molecule has 0 saturated carbocycles. The summed E-state index contributed by atoms with van der Waals surface area (Å²) in [5.74, 6) is -0.271. The van der Waals surface area contributed by atoms with Gasteiger partial charge in [0.05, 0.1) is 11.4 Å². The number of aryl methyl sites for hydroxylation is 2. The van der Waals surface area contributed by atoms with Crippen molar-refractivity contribution < 1.29 is 9.90 Å². The number of anilines is 1. The minimum atomic E-state index is -0.349. The smallest absolute Gasteiger partial charge is 0.271 e. The highest BCUT2D eigenvalue weighted by molar-refractivity contribution is 5.97. The molecule has 96 valence electrons. The molecular weight excluding hydrogens is 220 g/mol. The van der Waals surface area contributed by atoms with Gasteiger partial charge < -0.3 is 16.2 Å². The van der Waals surface area contributed by atoms with Crippen molar-refractivity contribution in [2.75, 3.05) is 18.9 Å². The number of aliphatic hydroxyl groups excluding tert-OH is 1. The lowest BCUT2D eigenvalue weighted by Crippen LogP contribution is -2.37. The van der Waals surface area contributed by atoms with E-state index in [9.17, 15) is 4.79 Å². The molecule has 1 rings (SSSR count). The van der Waals surface area contributed by atoms with Crippen molar-refractivity contribution >= 4 is 11.6 Å². The fourth-order valence-electron chi connectivity index (χ4n) is 1.40. The Morgan fingerprint density at radius 1 is 1.59 bits per heavy atom. The molecule has 0 unspecified atom stereocenters. The van der Waals surface area contributed by atoms with Crippen molar-refractivity contribution in [2.24, 2.45) is 12.5 Å². The molecule has 0 aromatic carbocycles. The van der Waals surface area contributed by atoms with E-state index in [-0.39, 0.29) is 17.9 Å². The molecule has 0 bridgehead atoms. The van der Waals surface area contributed by atoms with E-state index < -0.39 is 0 Å². The standard InChI is InChI=1S/C11H20N4O2/c1-7-8(12)9(15(4)14-7)10(17)13-5-11(2,3)6-16/h16H,5-6,12H2,1-4H3,(H,13,17). The monoisotopic (exact) mass is 240 g/mol. The number of hydrogen-bond acceptors (Lipinski definition) is 4. The van der Waals surface area contributed by atoms with Crippen LogP contribution in [0.5, 0.6) is 0 Å². The van der Waals surface area contributed by atoms with Gasteiger partial charge in [-0.3, -0.25) is 9.48 Å². The van der Waals surface area contributed by atoms with Gasteiger partial charge in [-0.2, -0.15) is 5.10 Å². The Hall–Kier alpha value is -1.56. The number of nitrogen functional groups attached to an aromatic ring is 1. The molecule has 0 atom stereocenters. The van der Waals surface area contributed by atoms with Gasteiger partial charge in [0.15, 0.2) is 0 Å². The normalized spacial score (nSPS) is 11.6. The first-order valence-corrected chi connectivity index (χ1v) is 5.46. The lowest BCUT2D eigenvalue weighted by atomic mass is 9.95. The summed E-state index contributed by atoms with van der Waals surface area (Å²) in [7, 11) is 1.68. The number of nitrogens with two attached hydrogens (primary N) is 1. The first-order chi connectivity index (χ1) is 7.78. The van der Waals surface area contributed by atoms with Crippen LogP contribution in [-0.4, -0.2) is 33.9 Å². The van der Waals surface area contributed by atoms with E-state index in [4.69, 9.17) is 10.8 Å². The number of aliphatic hydroxyl groups is 1. The summed E-state index contributed by atoms with van der Waals surface area (Å²) in [6.07, 6.45) is 0. The van der Waals surface area contributed by atoms with Crippen molar-refractivity contribution in [2.45, 2.75) is 20.8 Å². The second-order valence-electron chi connectivity index (χ2n) is 4.98. The van der Waals surface area contributed by atoms with Crippen molar-refractivity contribution in [3.63, 3.8) is 0 Å². The van der Waals surface area contributed by atoms with Gasteiger partial charge >= 0.3 is 0 Å². The zero-order valence-electron chi connectivity index (χ0n) is 10.7. The Morgan fingerprint density at radius 3 is 2.59 bits per heavy atom. The van der Waals surface area contributed by atoms with Gasteiger partial charge in [-0.1, -0.05) is 13.8 Å². The van der Waals surface area contributed by atoms with Gasteiger partial charge in [0.2, 0.25) is 0 Å². The Bertz CT molecular complexity index is 423. The third-order valence-electron chi connectivity index (χ3n) is 2.64. The molecule has 1 aromatic rings. The van der Waals surface area contributed by atoms with Crippen LogP contribution in [0.2, 0.25) is 0 Å². The summed E-state index contributed by atoms with van der Waals surface area (Å²) in [5, 5.41) is 15.9. The van der Waals surface area contributed by atoms with E-state index in [2.05, 4.69) is 10.4 Å². The molecular formula is C11H20N4O2. The third-order valence-corrected chi connectivity index (χ3v) is 2.64. The van der Waals surface area contributed by atoms with Gasteiger partial charge in [0, 0.05) is 25.6 Å². The number of rotatable bonds is 4. The topological polar surface area (TPSA) is 93.2 Å². The van der Waals surface area contributed by atoms with Crippen molar-refractivity contribution in [3.8, 4) is 0 Å². The molecule has 17 heavy (non-hydrogen) atoms. The van der Waals surface area contributed by atoms with Crippen LogP contribution in [-0.2, 0) is 7.05 Å². The lowest BCUT2D eigenvalue weighted by Gasteiger charge is -2.21. The molecule has 6 heteroatoms. The van der Waals surface area contributed by atoms with Crippen LogP contribution in [0.3, 0.4) is 0 Å². The Balaban J connectivity index is 2.78. The zero-order chi connectivity index (χ0) is 13.2. The minimum Gasteiger partial charge on any atom is -0.396 e. The summed E-state index contributed by atoms with van der Waals surface area (Å²) in [6.45, 7) is 5.87. The Morgan fingerprint density at radius 2 is 2.18 bits per heavy atom. The fourth-order valence-corrected chi connectivity index (χ4v) is 1.40. The number of carbonyl (C=O) groups excluding carboxylic acids is 1. The number of aromatic nitrogens is 2. The molecule has 0 aliphatic carbocycles. The number of nitrogens with zero attached hydrogens (tertiary/aromatic N) is 2. The molecule has 6 nitrogen and oxygen atoms in total. The molecule has 0 aliphatic rings. The maximum Gasteiger partial charge on any atom is 0.271 e. The van der Waals surface area contributed by atoms with Crippen molar-refractivity contribution in [1.82, 2.24) is 15.1 Å². The van der Waals surface area contributed by atoms with Crippen LogP contribution in [0.1, 0.15) is 30.0 Å². The van der Waals surface area contributed by atoms with Crippen LogP contribution in [0.25, 0.3) is 0 Å². The number of hydrogen-bond donors (Lipinski definition) is 3. The predicted octanol–water partition coefficient (Wildman–Crippen LogP) is 0.0590. The van der Waals surface area contributed by atoms with Crippen LogP contribution in [0.4, 0.5) is 5.69 Å². The van der Waals surface area contributed by atoms with Gasteiger partial charge in [0.1, 0.15) is 5.69 Å². The average Bonchev–Trinajstić information content (AvgIpc) is 2.50. The molecule has 0 fully saturated rings.